The Balaban J connectivity index is 1.47. The number of benzene rings is 3. The summed E-state index contributed by atoms with van der Waals surface area (Å²) in [6.07, 6.45) is 1.68. The molecule has 5 rings (SSSR count). The second-order valence-electron chi connectivity index (χ2n) is 7.32. The van der Waals surface area contributed by atoms with Gasteiger partial charge in [-0.05, 0) is 75.6 Å². The maximum atomic E-state index is 13.2. The summed E-state index contributed by atoms with van der Waals surface area (Å²) in [5.74, 6) is 0.726. The standard InChI is InChI=1S/C25H18BrN3O3/c1-14-12-16(25-29-23-20(32-25)8-5-11-27-23)9-10-19(14)28-24(30)18-13-15-6-3-4-7-17(15)21(26)22(18)31-2/h3-13H,1-2H3,(H,28,30). The number of carbonyl (C=O) groups excluding carboxylic acids is 1. The molecular weight excluding hydrogens is 470 g/mol. The van der Waals surface area contributed by atoms with Crippen LogP contribution < -0.4 is 10.1 Å². The van der Waals surface area contributed by atoms with Crippen molar-refractivity contribution in [2.75, 3.05) is 12.4 Å². The van der Waals surface area contributed by atoms with Gasteiger partial charge in [-0.25, -0.2) is 4.98 Å². The third-order valence-corrected chi connectivity index (χ3v) is 6.06. The summed E-state index contributed by atoms with van der Waals surface area (Å²) in [6, 6.07) is 18.9. The number of nitrogens with one attached hydrogen (secondary N) is 1. The average molecular weight is 488 g/mol. The van der Waals surface area contributed by atoms with Gasteiger partial charge in [-0.2, -0.15) is 4.98 Å². The normalized spacial score (nSPS) is 11.1. The second kappa shape index (κ2) is 8.09. The predicted octanol–water partition coefficient (Wildman–Crippen LogP) is 6.37. The number of ether oxygens (including phenoxy) is 1. The number of oxazole rings is 1. The van der Waals surface area contributed by atoms with Crippen molar-refractivity contribution in [1.82, 2.24) is 9.97 Å². The maximum Gasteiger partial charge on any atom is 0.259 e. The van der Waals surface area contributed by atoms with Gasteiger partial charge in [-0.3, -0.25) is 4.79 Å². The van der Waals surface area contributed by atoms with Gasteiger partial charge in [0.15, 0.2) is 11.2 Å². The highest BCUT2D eigenvalue weighted by atomic mass is 79.9. The molecule has 0 aliphatic rings. The van der Waals surface area contributed by atoms with Gasteiger partial charge in [0.1, 0.15) is 5.75 Å². The Morgan fingerprint density at radius 1 is 1.09 bits per heavy atom. The molecule has 32 heavy (non-hydrogen) atoms. The van der Waals surface area contributed by atoms with Crippen LogP contribution in [0.5, 0.6) is 5.75 Å². The molecule has 0 atom stereocenters. The molecule has 5 aromatic rings. The van der Waals surface area contributed by atoms with Crippen LogP contribution in [-0.4, -0.2) is 23.0 Å². The van der Waals surface area contributed by atoms with Crippen molar-refractivity contribution in [2.24, 2.45) is 0 Å². The lowest BCUT2D eigenvalue weighted by molar-refractivity contribution is 0.102. The number of halogens is 1. The van der Waals surface area contributed by atoms with Crippen molar-refractivity contribution in [3.8, 4) is 17.2 Å². The van der Waals surface area contributed by atoms with Gasteiger partial charge >= 0.3 is 0 Å². The molecule has 0 unspecified atom stereocenters. The molecule has 0 bridgehead atoms. The van der Waals surface area contributed by atoms with Crippen LogP contribution in [0, 0.1) is 6.92 Å². The molecule has 0 radical (unpaired) electrons. The van der Waals surface area contributed by atoms with Gasteiger partial charge < -0.3 is 14.5 Å². The molecular formula is C25H18BrN3O3. The minimum Gasteiger partial charge on any atom is -0.495 e. The highest BCUT2D eigenvalue weighted by molar-refractivity contribution is 9.10. The van der Waals surface area contributed by atoms with Crippen LogP contribution in [0.25, 0.3) is 33.5 Å². The first-order valence-corrected chi connectivity index (χ1v) is 10.7. The van der Waals surface area contributed by atoms with E-state index in [0.29, 0.717) is 34.1 Å². The lowest BCUT2D eigenvalue weighted by Crippen LogP contribution is -2.14. The number of pyridine rings is 1. The van der Waals surface area contributed by atoms with Crippen molar-refractivity contribution in [1.29, 1.82) is 0 Å². The number of nitrogens with zero attached hydrogens (tertiary/aromatic N) is 2. The third-order valence-electron chi connectivity index (χ3n) is 5.28. The highest BCUT2D eigenvalue weighted by Gasteiger charge is 2.19. The van der Waals surface area contributed by atoms with Crippen molar-refractivity contribution < 1.29 is 13.9 Å². The fraction of sp³-hybridized carbons (Fsp3) is 0.0800. The van der Waals surface area contributed by atoms with Crippen molar-refractivity contribution >= 4 is 49.5 Å². The SMILES string of the molecule is COc1c(C(=O)Nc2ccc(-c3nc4ncccc4o3)cc2C)cc2ccccc2c1Br. The molecule has 1 amide bonds. The number of carbonyl (C=O) groups is 1. The summed E-state index contributed by atoms with van der Waals surface area (Å²) in [4.78, 5) is 21.8. The van der Waals surface area contributed by atoms with Crippen LogP contribution in [0.15, 0.2) is 75.8 Å². The predicted molar refractivity (Wildman–Crippen MR) is 128 cm³/mol. The lowest BCUT2D eigenvalue weighted by Gasteiger charge is -2.14. The largest absolute Gasteiger partial charge is 0.495 e. The molecule has 2 heterocycles. The zero-order chi connectivity index (χ0) is 22.2. The Morgan fingerprint density at radius 3 is 2.72 bits per heavy atom. The summed E-state index contributed by atoms with van der Waals surface area (Å²) < 4.78 is 12.1. The lowest BCUT2D eigenvalue weighted by atomic mass is 10.0. The van der Waals surface area contributed by atoms with Crippen molar-refractivity contribution in [3.63, 3.8) is 0 Å². The van der Waals surface area contributed by atoms with Crippen LogP contribution in [0.3, 0.4) is 0 Å². The highest BCUT2D eigenvalue weighted by Crippen LogP contribution is 2.37. The Labute approximate surface area is 192 Å². The molecule has 158 valence electrons. The molecule has 7 heteroatoms. The van der Waals surface area contributed by atoms with E-state index in [-0.39, 0.29) is 5.91 Å². The van der Waals surface area contributed by atoms with E-state index in [1.54, 1.807) is 19.4 Å². The Bertz CT molecular complexity index is 1460. The van der Waals surface area contributed by atoms with Gasteiger partial charge in [-0.15, -0.1) is 0 Å². The number of amides is 1. The molecule has 0 saturated heterocycles. The number of hydrogen-bond donors (Lipinski definition) is 1. The maximum absolute atomic E-state index is 13.2. The van der Waals surface area contributed by atoms with E-state index in [1.165, 1.54) is 0 Å². The third kappa shape index (κ3) is 3.50. The van der Waals surface area contributed by atoms with Gasteiger partial charge in [0.25, 0.3) is 5.91 Å². The molecule has 3 aromatic carbocycles. The Kier molecular flexibility index (Phi) is 5.11. The molecule has 0 fully saturated rings. The summed E-state index contributed by atoms with van der Waals surface area (Å²) >= 11 is 3.58. The monoisotopic (exact) mass is 487 g/mol. The van der Waals surface area contributed by atoms with Crippen LogP contribution in [0.2, 0.25) is 0 Å². The van der Waals surface area contributed by atoms with Gasteiger partial charge in [0.05, 0.1) is 17.1 Å². The fourth-order valence-corrected chi connectivity index (χ4v) is 4.41. The van der Waals surface area contributed by atoms with Crippen LogP contribution in [-0.2, 0) is 0 Å². The number of aromatic nitrogens is 2. The molecule has 0 spiro atoms. The smallest absolute Gasteiger partial charge is 0.259 e. The number of anilines is 1. The number of hydrogen-bond acceptors (Lipinski definition) is 5. The zero-order valence-electron chi connectivity index (χ0n) is 17.3. The molecule has 0 aliphatic heterocycles. The van der Waals surface area contributed by atoms with E-state index in [4.69, 9.17) is 9.15 Å². The summed E-state index contributed by atoms with van der Waals surface area (Å²) in [7, 11) is 1.56. The van der Waals surface area contributed by atoms with E-state index in [1.807, 2.05) is 61.5 Å². The molecule has 0 aliphatic carbocycles. The number of fused-ring (bicyclic) bond motifs is 2. The molecule has 0 saturated carbocycles. The number of rotatable bonds is 4. The Hall–Kier alpha value is -3.71. The fourth-order valence-electron chi connectivity index (χ4n) is 3.67. The molecule has 2 aromatic heterocycles. The summed E-state index contributed by atoms with van der Waals surface area (Å²) in [6.45, 7) is 1.92. The van der Waals surface area contributed by atoms with Gasteiger partial charge in [0.2, 0.25) is 5.89 Å². The Morgan fingerprint density at radius 2 is 1.94 bits per heavy atom. The van der Waals surface area contributed by atoms with Gasteiger partial charge in [0, 0.05) is 17.4 Å². The van der Waals surface area contributed by atoms with Crippen molar-refractivity contribution in [3.05, 3.63) is 82.5 Å². The summed E-state index contributed by atoms with van der Waals surface area (Å²) in [5.41, 5.74) is 4.03. The van der Waals surface area contributed by atoms with Crippen molar-refractivity contribution in [2.45, 2.75) is 6.92 Å². The topological polar surface area (TPSA) is 77.2 Å². The van der Waals surface area contributed by atoms with Gasteiger partial charge in [-0.1, -0.05) is 24.3 Å². The molecule has 6 nitrogen and oxygen atoms in total. The molecule has 1 N–H and O–H groups in total. The zero-order valence-corrected chi connectivity index (χ0v) is 18.9. The minimum absolute atomic E-state index is 0.254. The first-order valence-electron chi connectivity index (χ1n) is 9.94. The second-order valence-corrected chi connectivity index (χ2v) is 8.11. The van der Waals surface area contributed by atoms with Crippen LogP contribution in [0.1, 0.15) is 15.9 Å². The van der Waals surface area contributed by atoms with Crippen LogP contribution >= 0.6 is 15.9 Å². The quantitative estimate of drug-likeness (QED) is 0.318. The van der Waals surface area contributed by atoms with E-state index in [0.717, 1.165) is 26.4 Å². The number of methoxy groups -OCH3 is 1. The van der Waals surface area contributed by atoms with E-state index < -0.39 is 0 Å². The van der Waals surface area contributed by atoms with E-state index in [2.05, 4.69) is 31.2 Å². The van der Waals surface area contributed by atoms with E-state index >= 15 is 0 Å². The minimum atomic E-state index is -0.254. The average Bonchev–Trinajstić information content (AvgIpc) is 3.24. The first-order chi connectivity index (χ1) is 15.5. The van der Waals surface area contributed by atoms with Crippen LogP contribution in [0.4, 0.5) is 5.69 Å². The van der Waals surface area contributed by atoms with E-state index in [9.17, 15) is 4.79 Å². The summed E-state index contributed by atoms with van der Waals surface area (Å²) in [5, 5.41) is 4.92. The number of aryl methyl sites for hydroxylation is 1. The first kappa shape index (κ1) is 20.2.